The lowest BCUT2D eigenvalue weighted by atomic mass is 9.95. The molecular weight excluding hydrogens is 394 g/mol. The Morgan fingerprint density at radius 3 is 2.55 bits per heavy atom. The fraction of sp³-hybridized carbons (Fsp3) is 0.280. The second-order valence-corrected chi connectivity index (χ2v) is 7.62. The van der Waals surface area contributed by atoms with Crippen LogP contribution in [0.25, 0.3) is 5.76 Å². The summed E-state index contributed by atoms with van der Waals surface area (Å²) in [5, 5.41) is 11.1. The molecule has 2 aliphatic rings. The molecule has 0 aromatic heterocycles. The van der Waals surface area contributed by atoms with Gasteiger partial charge >= 0.3 is 0 Å². The van der Waals surface area contributed by atoms with Crippen LogP contribution in [0, 0.1) is 0 Å². The van der Waals surface area contributed by atoms with E-state index >= 15 is 0 Å². The van der Waals surface area contributed by atoms with Crippen LogP contribution in [0.5, 0.6) is 5.75 Å². The van der Waals surface area contributed by atoms with Crippen molar-refractivity contribution in [2.24, 2.45) is 0 Å². The molecule has 2 fully saturated rings. The number of hydrogen-bond acceptors (Lipinski definition) is 5. The number of nitrogens with zero attached hydrogens (tertiary/aromatic N) is 1. The Kier molecular flexibility index (Phi) is 6.18. The normalized spacial score (nSPS) is 22.6. The molecule has 2 unspecified atom stereocenters. The van der Waals surface area contributed by atoms with Gasteiger partial charge in [-0.3, -0.25) is 9.59 Å². The molecule has 2 aromatic rings. The third-order valence-electron chi connectivity index (χ3n) is 5.58. The molecule has 6 nitrogen and oxygen atoms in total. The zero-order valence-electron chi connectivity index (χ0n) is 17.2. The van der Waals surface area contributed by atoms with Gasteiger partial charge in [-0.05, 0) is 42.7 Å². The van der Waals surface area contributed by atoms with Crippen LogP contribution in [0.3, 0.4) is 0 Å². The van der Waals surface area contributed by atoms with Crippen LogP contribution in [-0.2, 0) is 14.3 Å². The number of carbonyl (C=O) groups is 2. The van der Waals surface area contributed by atoms with Gasteiger partial charge in [0.15, 0.2) is 0 Å². The maximum absolute atomic E-state index is 13.0. The van der Waals surface area contributed by atoms with E-state index in [9.17, 15) is 14.7 Å². The first-order chi connectivity index (χ1) is 15.1. The zero-order valence-corrected chi connectivity index (χ0v) is 17.2. The smallest absolute Gasteiger partial charge is 0.295 e. The number of aliphatic hydroxyl groups excluding tert-OH is 1. The zero-order chi connectivity index (χ0) is 21.8. The standard InChI is InChI=1S/C25H25NO5/c1-2-14-30-19-12-10-18(11-13-19)23(27)21-22(17-7-4-3-5-8-17)26(25(29)24(21)28)16-20-9-6-15-31-20/h2-5,7-8,10-13,20,22,27H,1,6,9,14-16H2/b23-21-. The molecule has 31 heavy (non-hydrogen) atoms. The van der Waals surface area contributed by atoms with Crippen molar-refractivity contribution in [3.63, 3.8) is 0 Å². The van der Waals surface area contributed by atoms with Gasteiger partial charge in [0.25, 0.3) is 11.7 Å². The first-order valence-corrected chi connectivity index (χ1v) is 10.4. The van der Waals surface area contributed by atoms with Crippen LogP contribution in [0.2, 0.25) is 0 Å². The quantitative estimate of drug-likeness (QED) is 0.319. The van der Waals surface area contributed by atoms with Crippen molar-refractivity contribution in [1.29, 1.82) is 0 Å². The third-order valence-corrected chi connectivity index (χ3v) is 5.58. The lowest BCUT2D eigenvalue weighted by Gasteiger charge is -2.27. The summed E-state index contributed by atoms with van der Waals surface area (Å²) in [7, 11) is 0. The van der Waals surface area contributed by atoms with Crippen LogP contribution in [0.15, 0.2) is 72.8 Å². The van der Waals surface area contributed by atoms with Crippen molar-refractivity contribution >= 4 is 17.4 Å². The summed E-state index contributed by atoms with van der Waals surface area (Å²) in [6.45, 7) is 4.96. The van der Waals surface area contributed by atoms with Gasteiger partial charge in [0, 0.05) is 18.7 Å². The van der Waals surface area contributed by atoms with Gasteiger partial charge in [-0.25, -0.2) is 0 Å². The summed E-state index contributed by atoms with van der Waals surface area (Å²) in [6.07, 6.45) is 3.32. The van der Waals surface area contributed by atoms with Crippen LogP contribution in [0.1, 0.15) is 30.0 Å². The predicted octanol–water partition coefficient (Wildman–Crippen LogP) is 3.85. The molecule has 2 aromatic carbocycles. The van der Waals surface area contributed by atoms with Gasteiger partial charge in [-0.2, -0.15) is 0 Å². The van der Waals surface area contributed by atoms with Crippen molar-refractivity contribution < 1.29 is 24.2 Å². The highest BCUT2D eigenvalue weighted by Gasteiger charge is 2.46. The largest absolute Gasteiger partial charge is 0.507 e. The van der Waals surface area contributed by atoms with Crippen molar-refractivity contribution in [2.75, 3.05) is 19.8 Å². The van der Waals surface area contributed by atoms with Crippen LogP contribution < -0.4 is 4.74 Å². The molecule has 0 saturated carbocycles. The van der Waals surface area contributed by atoms with Gasteiger partial charge in [0.05, 0.1) is 17.7 Å². The molecule has 0 spiro atoms. The average Bonchev–Trinajstić information content (AvgIpc) is 3.40. The maximum Gasteiger partial charge on any atom is 0.295 e. The van der Waals surface area contributed by atoms with Gasteiger partial charge in [0.1, 0.15) is 18.1 Å². The van der Waals surface area contributed by atoms with E-state index in [1.165, 1.54) is 4.90 Å². The number of ether oxygens (including phenoxy) is 2. The Morgan fingerprint density at radius 2 is 1.90 bits per heavy atom. The van der Waals surface area contributed by atoms with E-state index in [-0.39, 0.29) is 17.4 Å². The topological polar surface area (TPSA) is 76.1 Å². The second kappa shape index (κ2) is 9.18. The summed E-state index contributed by atoms with van der Waals surface area (Å²) in [6, 6.07) is 15.4. The highest BCUT2D eigenvalue weighted by molar-refractivity contribution is 6.46. The first-order valence-electron chi connectivity index (χ1n) is 10.4. The molecule has 0 bridgehead atoms. The fourth-order valence-corrected chi connectivity index (χ4v) is 4.08. The Balaban J connectivity index is 1.73. The van der Waals surface area contributed by atoms with E-state index < -0.39 is 17.7 Å². The summed E-state index contributed by atoms with van der Waals surface area (Å²) >= 11 is 0. The molecule has 4 rings (SSSR count). The molecule has 1 N–H and O–H groups in total. The van der Waals surface area contributed by atoms with Crippen molar-refractivity contribution in [3.05, 3.63) is 84.0 Å². The van der Waals surface area contributed by atoms with Gasteiger partial charge in [0.2, 0.25) is 0 Å². The Morgan fingerprint density at radius 1 is 1.16 bits per heavy atom. The fourth-order valence-electron chi connectivity index (χ4n) is 4.08. The predicted molar refractivity (Wildman–Crippen MR) is 117 cm³/mol. The molecule has 6 heteroatoms. The molecule has 1 amide bonds. The van der Waals surface area contributed by atoms with E-state index in [1.54, 1.807) is 30.3 Å². The lowest BCUT2D eigenvalue weighted by Crippen LogP contribution is -2.36. The minimum Gasteiger partial charge on any atom is -0.507 e. The minimum atomic E-state index is -0.684. The van der Waals surface area contributed by atoms with Crippen molar-refractivity contribution in [3.8, 4) is 5.75 Å². The minimum absolute atomic E-state index is 0.0916. The number of hydrogen-bond donors (Lipinski definition) is 1. The number of likely N-dealkylation sites (tertiary alicyclic amines) is 1. The van der Waals surface area contributed by atoms with E-state index in [0.29, 0.717) is 31.1 Å². The van der Waals surface area contributed by atoms with E-state index in [1.807, 2.05) is 30.3 Å². The van der Waals surface area contributed by atoms with Crippen molar-refractivity contribution in [2.45, 2.75) is 25.0 Å². The number of rotatable bonds is 7. The SMILES string of the molecule is C=CCOc1ccc(/C(O)=C2/C(=O)C(=O)N(CC3CCCO3)C2c2ccccc2)cc1. The molecule has 2 heterocycles. The molecule has 2 atom stereocenters. The van der Waals surface area contributed by atoms with Gasteiger partial charge < -0.3 is 19.5 Å². The number of carbonyl (C=O) groups excluding carboxylic acids is 2. The molecule has 0 radical (unpaired) electrons. The number of amides is 1. The second-order valence-electron chi connectivity index (χ2n) is 7.62. The lowest BCUT2D eigenvalue weighted by molar-refractivity contribution is -0.140. The van der Waals surface area contributed by atoms with Crippen molar-refractivity contribution in [1.82, 2.24) is 4.90 Å². The number of aliphatic hydroxyl groups is 1. The summed E-state index contributed by atoms with van der Waals surface area (Å²) < 4.78 is 11.2. The summed E-state index contributed by atoms with van der Waals surface area (Å²) in [5.41, 5.74) is 1.31. The number of Topliss-reactive ketones (excluding diaryl/α,β-unsaturated/α-hetero) is 1. The highest BCUT2D eigenvalue weighted by atomic mass is 16.5. The van der Waals surface area contributed by atoms with E-state index in [0.717, 1.165) is 18.4 Å². The third kappa shape index (κ3) is 4.25. The molecular formula is C25H25NO5. The van der Waals surface area contributed by atoms with Crippen LogP contribution in [0.4, 0.5) is 0 Å². The number of ketones is 1. The molecule has 0 aliphatic carbocycles. The monoisotopic (exact) mass is 419 g/mol. The van der Waals surface area contributed by atoms with Gasteiger partial charge in [-0.1, -0.05) is 43.0 Å². The Bertz CT molecular complexity index is 990. The maximum atomic E-state index is 13.0. The molecule has 2 aliphatic heterocycles. The first kappa shape index (κ1) is 20.9. The van der Waals surface area contributed by atoms with E-state index in [2.05, 4.69) is 6.58 Å². The average molecular weight is 419 g/mol. The van der Waals surface area contributed by atoms with E-state index in [4.69, 9.17) is 9.47 Å². The highest BCUT2D eigenvalue weighted by Crippen LogP contribution is 2.40. The summed E-state index contributed by atoms with van der Waals surface area (Å²) in [5.74, 6) is -0.875. The van der Waals surface area contributed by atoms with Gasteiger partial charge in [-0.15, -0.1) is 0 Å². The molecule has 2 saturated heterocycles. The summed E-state index contributed by atoms with van der Waals surface area (Å²) in [4.78, 5) is 27.5. The molecule has 160 valence electrons. The van der Waals surface area contributed by atoms with Crippen LogP contribution >= 0.6 is 0 Å². The number of benzene rings is 2. The Labute approximate surface area is 181 Å². The Hall–Kier alpha value is -3.38. The van der Waals surface area contributed by atoms with Crippen LogP contribution in [-0.4, -0.2) is 47.6 Å².